The molecule has 0 atom stereocenters. The van der Waals surface area contributed by atoms with Crippen LogP contribution in [0.5, 0.6) is 0 Å². The van der Waals surface area contributed by atoms with Crippen LogP contribution in [0.15, 0.2) is 56.6 Å². The van der Waals surface area contributed by atoms with E-state index in [0.717, 1.165) is 0 Å². The van der Waals surface area contributed by atoms with E-state index in [1.165, 1.54) is 29.8 Å². The number of anilines is 1. The zero-order valence-corrected chi connectivity index (χ0v) is 13.0. The summed E-state index contributed by atoms with van der Waals surface area (Å²) in [5.74, 6) is -0.546. The van der Waals surface area contributed by atoms with Gasteiger partial charge in [-0.1, -0.05) is 11.6 Å². The lowest BCUT2D eigenvalue weighted by atomic mass is 10.3. The van der Waals surface area contributed by atoms with Gasteiger partial charge in [-0.25, -0.2) is 13.2 Å². The van der Waals surface area contributed by atoms with Crippen LogP contribution in [-0.4, -0.2) is 13.0 Å². The van der Waals surface area contributed by atoms with Crippen molar-refractivity contribution in [1.29, 1.82) is 0 Å². The molecular formula is C14H11ClN2O4S. The molecule has 0 saturated carbocycles. The smallest absolute Gasteiger partial charge is 0.408 e. The van der Waals surface area contributed by atoms with E-state index in [0.29, 0.717) is 21.8 Å². The van der Waals surface area contributed by atoms with E-state index in [9.17, 15) is 13.2 Å². The van der Waals surface area contributed by atoms with Crippen LogP contribution in [0, 0.1) is 0 Å². The molecular weight excluding hydrogens is 328 g/mol. The molecule has 0 radical (unpaired) electrons. The fourth-order valence-electron chi connectivity index (χ4n) is 2.01. The zero-order valence-electron chi connectivity index (χ0n) is 11.4. The number of aromatic nitrogens is 1. The van der Waals surface area contributed by atoms with Crippen molar-refractivity contribution in [3.8, 4) is 0 Å². The summed E-state index contributed by atoms with van der Waals surface area (Å²) < 4.78 is 33.4. The first-order valence-electron chi connectivity index (χ1n) is 6.25. The number of hydrogen-bond donors (Lipinski definition) is 1. The highest BCUT2D eigenvalue weighted by atomic mass is 35.5. The Kier molecular flexibility index (Phi) is 3.46. The molecule has 3 rings (SSSR count). The first kappa shape index (κ1) is 14.7. The third kappa shape index (κ3) is 2.60. The third-order valence-corrected chi connectivity index (χ3v) is 4.80. The van der Waals surface area contributed by atoms with E-state index < -0.39 is 15.8 Å². The molecule has 0 fully saturated rings. The molecule has 0 aliphatic rings. The summed E-state index contributed by atoms with van der Waals surface area (Å²) in [6.07, 6.45) is 0. The van der Waals surface area contributed by atoms with Gasteiger partial charge in [-0.3, -0.25) is 9.29 Å². The number of benzene rings is 2. The van der Waals surface area contributed by atoms with Gasteiger partial charge in [-0.05, 0) is 42.5 Å². The maximum atomic E-state index is 12.4. The Labute approximate surface area is 131 Å². The summed E-state index contributed by atoms with van der Waals surface area (Å²) >= 11 is 5.77. The maximum absolute atomic E-state index is 12.4. The van der Waals surface area contributed by atoms with Gasteiger partial charge in [0.25, 0.3) is 10.0 Å². The molecule has 0 aliphatic heterocycles. The number of sulfonamides is 1. The van der Waals surface area contributed by atoms with Crippen molar-refractivity contribution in [2.24, 2.45) is 7.05 Å². The number of aryl methyl sites for hydroxylation is 1. The average Bonchev–Trinajstić information content (AvgIpc) is 2.76. The maximum Gasteiger partial charge on any atom is 0.419 e. The van der Waals surface area contributed by atoms with Gasteiger partial charge in [-0.2, -0.15) is 0 Å². The van der Waals surface area contributed by atoms with Crippen molar-refractivity contribution in [2.75, 3.05) is 4.72 Å². The molecule has 6 nitrogen and oxygen atoms in total. The lowest BCUT2D eigenvalue weighted by molar-refractivity contribution is 0.528. The molecule has 22 heavy (non-hydrogen) atoms. The van der Waals surface area contributed by atoms with Crippen LogP contribution in [0.2, 0.25) is 5.02 Å². The number of rotatable bonds is 3. The summed E-state index contributed by atoms with van der Waals surface area (Å²) in [6, 6.07) is 10.5. The van der Waals surface area contributed by atoms with Crippen molar-refractivity contribution in [3.63, 3.8) is 0 Å². The fourth-order valence-corrected chi connectivity index (χ4v) is 3.21. The van der Waals surface area contributed by atoms with E-state index in [4.69, 9.17) is 16.0 Å². The largest absolute Gasteiger partial charge is 0.419 e. The highest BCUT2D eigenvalue weighted by Gasteiger charge is 2.17. The van der Waals surface area contributed by atoms with Crippen molar-refractivity contribution >= 4 is 38.4 Å². The van der Waals surface area contributed by atoms with Crippen molar-refractivity contribution < 1.29 is 12.8 Å². The van der Waals surface area contributed by atoms with Gasteiger partial charge < -0.3 is 4.42 Å². The normalized spacial score (nSPS) is 11.7. The second-order valence-corrected chi connectivity index (χ2v) is 6.79. The quantitative estimate of drug-likeness (QED) is 0.795. The van der Waals surface area contributed by atoms with Crippen LogP contribution in [-0.2, 0) is 17.1 Å². The molecule has 1 aromatic heterocycles. The topological polar surface area (TPSA) is 81.3 Å². The highest BCUT2D eigenvalue weighted by molar-refractivity contribution is 7.92. The van der Waals surface area contributed by atoms with Crippen molar-refractivity contribution in [1.82, 2.24) is 4.57 Å². The summed E-state index contributed by atoms with van der Waals surface area (Å²) in [6.45, 7) is 0. The minimum absolute atomic E-state index is 0.0337. The van der Waals surface area contributed by atoms with Crippen LogP contribution in [0.25, 0.3) is 11.1 Å². The van der Waals surface area contributed by atoms with Crippen LogP contribution in [0.1, 0.15) is 0 Å². The minimum atomic E-state index is -3.78. The Morgan fingerprint density at radius 3 is 2.50 bits per heavy atom. The lowest BCUT2D eigenvalue weighted by Gasteiger charge is -2.08. The van der Waals surface area contributed by atoms with Gasteiger partial charge >= 0.3 is 5.76 Å². The summed E-state index contributed by atoms with van der Waals surface area (Å²) in [4.78, 5) is 11.5. The number of fused-ring (bicyclic) bond motifs is 1. The highest BCUT2D eigenvalue weighted by Crippen LogP contribution is 2.21. The monoisotopic (exact) mass is 338 g/mol. The number of nitrogens with zero attached hydrogens (tertiary/aromatic N) is 1. The van der Waals surface area contributed by atoms with Gasteiger partial charge in [-0.15, -0.1) is 0 Å². The van der Waals surface area contributed by atoms with Crippen LogP contribution >= 0.6 is 11.6 Å². The molecule has 0 saturated heterocycles. The Bertz CT molecular complexity index is 1000. The zero-order chi connectivity index (χ0) is 15.9. The van der Waals surface area contributed by atoms with Crippen LogP contribution < -0.4 is 10.5 Å². The second kappa shape index (κ2) is 5.19. The summed E-state index contributed by atoms with van der Waals surface area (Å²) in [5, 5.41) is 0.512. The Morgan fingerprint density at radius 2 is 1.82 bits per heavy atom. The standard InChI is InChI=1S/C14H11ClN2O4S/c1-17-12-8-11(6-7-13(12)21-14(17)18)22(19,20)16-10-4-2-9(15)3-5-10/h2-8,16H,1H3. The summed E-state index contributed by atoms with van der Waals surface area (Å²) in [5.41, 5.74) is 1.13. The molecule has 0 aliphatic carbocycles. The Morgan fingerprint density at radius 1 is 1.14 bits per heavy atom. The van der Waals surface area contributed by atoms with Crippen LogP contribution in [0.3, 0.4) is 0 Å². The SMILES string of the molecule is Cn1c(=O)oc2ccc(S(=O)(=O)Nc3ccc(Cl)cc3)cc21. The first-order chi connectivity index (χ1) is 10.4. The van der Waals surface area contributed by atoms with E-state index in [-0.39, 0.29) is 4.90 Å². The second-order valence-electron chi connectivity index (χ2n) is 4.67. The Balaban J connectivity index is 2.03. The van der Waals surface area contributed by atoms with Crippen LogP contribution in [0.4, 0.5) is 5.69 Å². The predicted molar refractivity (Wildman–Crippen MR) is 83.7 cm³/mol. The molecule has 2 aromatic carbocycles. The van der Waals surface area contributed by atoms with Gasteiger partial charge in [0.1, 0.15) is 0 Å². The van der Waals surface area contributed by atoms with E-state index in [1.807, 2.05) is 0 Å². The number of oxazole rings is 1. The fraction of sp³-hybridized carbons (Fsp3) is 0.0714. The van der Waals surface area contributed by atoms with Gasteiger partial charge in [0.2, 0.25) is 0 Å². The average molecular weight is 339 g/mol. The molecule has 0 amide bonds. The lowest BCUT2D eigenvalue weighted by Crippen LogP contribution is -2.13. The molecule has 0 bridgehead atoms. The molecule has 0 unspecified atom stereocenters. The number of hydrogen-bond acceptors (Lipinski definition) is 4. The van der Waals surface area contributed by atoms with E-state index in [2.05, 4.69) is 4.72 Å². The van der Waals surface area contributed by atoms with Gasteiger partial charge in [0.05, 0.1) is 10.4 Å². The molecule has 1 heterocycles. The number of nitrogens with one attached hydrogen (secondary N) is 1. The number of halogens is 1. The molecule has 0 spiro atoms. The van der Waals surface area contributed by atoms with E-state index in [1.54, 1.807) is 24.3 Å². The Hall–Kier alpha value is -2.25. The molecule has 8 heteroatoms. The van der Waals surface area contributed by atoms with Gasteiger partial charge in [0, 0.05) is 17.8 Å². The minimum Gasteiger partial charge on any atom is -0.408 e. The summed E-state index contributed by atoms with van der Waals surface area (Å²) in [7, 11) is -2.26. The third-order valence-electron chi connectivity index (χ3n) is 3.17. The predicted octanol–water partition coefficient (Wildman–Crippen LogP) is 2.59. The molecule has 1 N–H and O–H groups in total. The van der Waals surface area contributed by atoms with Gasteiger partial charge in [0.15, 0.2) is 5.58 Å². The molecule has 3 aromatic rings. The molecule has 114 valence electrons. The van der Waals surface area contributed by atoms with Crippen molar-refractivity contribution in [3.05, 3.63) is 58.0 Å². The first-order valence-corrected chi connectivity index (χ1v) is 8.11. The van der Waals surface area contributed by atoms with Crippen molar-refractivity contribution in [2.45, 2.75) is 4.90 Å². The van der Waals surface area contributed by atoms with E-state index >= 15 is 0 Å².